The van der Waals surface area contributed by atoms with E-state index in [1.54, 1.807) is 12.1 Å². The SMILES string of the molecule is N#Cc1ccc(/C(=N\OS)c2nc3ccccc3s2)cc1. The number of nitriles is 1. The lowest BCUT2D eigenvalue weighted by molar-refractivity contribution is 0.415. The normalized spacial score (nSPS) is 11.3. The molecule has 0 unspecified atom stereocenters. The van der Waals surface area contributed by atoms with Gasteiger partial charge in [-0.1, -0.05) is 29.4 Å². The van der Waals surface area contributed by atoms with Gasteiger partial charge in [-0.3, -0.25) is 0 Å². The second-order valence-corrected chi connectivity index (χ2v) is 5.39. The number of thiazole rings is 1. The second-order valence-electron chi connectivity index (χ2n) is 4.20. The first-order chi connectivity index (χ1) is 10.3. The van der Waals surface area contributed by atoms with Gasteiger partial charge in [0.05, 0.1) is 34.8 Å². The van der Waals surface area contributed by atoms with Crippen molar-refractivity contribution in [3.63, 3.8) is 0 Å². The molecular formula is C15H9N3OS2. The lowest BCUT2D eigenvalue weighted by Gasteiger charge is -2.01. The molecule has 0 amide bonds. The van der Waals surface area contributed by atoms with E-state index in [0.717, 1.165) is 20.8 Å². The van der Waals surface area contributed by atoms with Crippen LogP contribution in [0.25, 0.3) is 10.2 Å². The Morgan fingerprint density at radius 3 is 2.62 bits per heavy atom. The topological polar surface area (TPSA) is 58.3 Å². The molecule has 0 bridgehead atoms. The number of nitrogens with zero attached hydrogens (tertiary/aromatic N) is 3. The van der Waals surface area contributed by atoms with E-state index in [9.17, 15) is 0 Å². The van der Waals surface area contributed by atoms with Crippen LogP contribution in [0.1, 0.15) is 16.1 Å². The van der Waals surface area contributed by atoms with Crippen LogP contribution in [0.2, 0.25) is 0 Å². The van der Waals surface area contributed by atoms with Crippen LogP contribution < -0.4 is 0 Å². The Kier molecular flexibility index (Phi) is 3.86. The molecule has 6 heteroatoms. The zero-order valence-electron chi connectivity index (χ0n) is 10.7. The molecule has 2 aromatic carbocycles. The maximum atomic E-state index is 8.86. The molecule has 0 spiro atoms. The quantitative estimate of drug-likeness (QED) is 0.346. The molecule has 0 radical (unpaired) electrons. The summed E-state index contributed by atoms with van der Waals surface area (Å²) in [4.78, 5) is 4.56. The van der Waals surface area contributed by atoms with E-state index in [0.29, 0.717) is 11.3 Å². The predicted octanol–water partition coefficient (Wildman–Crippen LogP) is 3.78. The van der Waals surface area contributed by atoms with E-state index < -0.39 is 0 Å². The van der Waals surface area contributed by atoms with Crippen LogP contribution in [0, 0.1) is 11.3 Å². The largest absolute Gasteiger partial charge is 0.325 e. The molecule has 0 aliphatic carbocycles. The minimum absolute atomic E-state index is 0.592. The first kappa shape index (κ1) is 13.6. The summed E-state index contributed by atoms with van der Waals surface area (Å²) in [7, 11) is 0. The smallest absolute Gasteiger partial charge is 0.147 e. The molecule has 102 valence electrons. The van der Waals surface area contributed by atoms with Crippen LogP contribution in [-0.4, -0.2) is 10.7 Å². The predicted molar refractivity (Wildman–Crippen MR) is 86.5 cm³/mol. The molecule has 0 atom stereocenters. The second kappa shape index (κ2) is 5.95. The molecule has 3 aromatic rings. The minimum Gasteiger partial charge on any atom is -0.325 e. The van der Waals surface area contributed by atoms with Gasteiger partial charge in [0, 0.05) is 5.56 Å². The van der Waals surface area contributed by atoms with Gasteiger partial charge in [0.15, 0.2) is 0 Å². The summed E-state index contributed by atoms with van der Waals surface area (Å²) in [5.41, 5.74) is 2.92. The number of rotatable bonds is 3. The van der Waals surface area contributed by atoms with Crippen molar-refractivity contribution in [1.29, 1.82) is 5.26 Å². The van der Waals surface area contributed by atoms with E-state index >= 15 is 0 Å². The minimum atomic E-state index is 0.592. The van der Waals surface area contributed by atoms with Crippen LogP contribution in [0.5, 0.6) is 0 Å². The Labute approximate surface area is 130 Å². The molecule has 0 aliphatic heterocycles. The fraction of sp³-hybridized carbons (Fsp3) is 0. The fourth-order valence-electron chi connectivity index (χ4n) is 1.93. The van der Waals surface area contributed by atoms with Gasteiger partial charge in [-0.2, -0.15) is 5.26 Å². The number of fused-ring (bicyclic) bond motifs is 1. The van der Waals surface area contributed by atoms with Crippen molar-refractivity contribution in [2.24, 2.45) is 5.16 Å². The molecule has 1 aromatic heterocycles. The van der Waals surface area contributed by atoms with Crippen molar-refractivity contribution < 1.29 is 4.28 Å². The zero-order valence-corrected chi connectivity index (χ0v) is 12.4. The lowest BCUT2D eigenvalue weighted by Crippen LogP contribution is -2.02. The van der Waals surface area contributed by atoms with Gasteiger partial charge in [-0.15, -0.1) is 11.3 Å². The highest BCUT2D eigenvalue weighted by Gasteiger charge is 2.13. The van der Waals surface area contributed by atoms with E-state index in [1.165, 1.54) is 11.3 Å². The van der Waals surface area contributed by atoms with Crippen LogP contribution in [0.3, 0.4) is 0 Å². The first-order valence-corrected chi connectivity index (χ1v) is 7.25. The first-order valence-electron chi connectivity index (χ1n) is 6.07. The molecule has 0 fully saturated rings. The summed E-state index contributed by atoms with van der Waals surface area (Å²) in [5.74, 6) is 0. The van der Waals surface area contributed by atoms with Gasteiger partial charge in [-0.05, 0) is 24.3 Å². The van der Waals surface area contributed by atoms with Crippen molar-refractivity contribution in [3.8, 4) is 6.07 Å². The third kappa shape index (κ3) is 2.75. The van der Waals surface area contributed by atoms with Gasteiger partial charge in [0.25, 0.3) is 0 Å². The average Bonchev–Trinajstić information content (AvgIpc) is 2.96. The maximum Gasteiger partial charge on any atom is 0.147 e. The van der Waals surface area contributed by atoms with Gasteiger partial charge < -0.3 is 4.28 Å². The van der Waals surface area contributed by atoms with Gasteiger partial charge in [-0.25, -0.2) is 4.98 Å². The zero-order chi connectivity index (χ0) is 14.7. The molecule has 0 saturated heterocycles. The number of oxime groups is 1. The fourth-order valence-corrected chi connectivity index (χ4v) is 2.98. The standard InChI is InChI=1S/C15H9N3OS2/c16-9-10-5-7-11(8-6-10)14(18-19-20)15-17-12-3-1-2-4-13(12)21-15/h1-8,20H/b18-14+. The van der Waals surface area contributed by atoms with Crippen LogP contribution in [0.15, 0.2) is 53.7 Å². The summed E-state index contributed by atoms with van der Waals surface area (Å²) < 4.78 is 5.73. The Bertz CT molecular complexity index is 814. The molecule has 0 N–H and O–H groups in total. The summed E-state index contributed by atoms with van der Waals surface area (Å²) in [6.07, 6.45) is 0. The summed E-state index contributed by atoms with van der Waals surface area (Å²) in [5, 5.41) is 13.6. The van der Waals surface area contributed by atoms with Gasteiger partial charge >= 0.3 is 0 Å². The van der Waals surface area contributed by atoms with Gasteiger partial charge in [0.1, 0.15) is 10.7 Å². The Morgan fingerprint density at radius 1 is 1.19 bits per heavy atom. The number of hydrogen-bond donors (Lipinski definition) is 1. The van der Waals surface area contributed by atoms with E-state index in [-0.39, 0.29) is 0 Å². The Morgan fingerprint density at radius 2 is 1.95 bits per heavy atom. The van der Waals surface area contributed by atoms with E-state index in [1.807, 2.05) is 36.4 Å². The number of hydrogen-bond acceptors (Lipinski definition) is 6. The highest BCUT2D eigenvalue weighted by atomic mass is 32.1. The van der Waals surface area contributed by atoms with Crippen molar-refractivity contribution in [2.75, 3.05) is 0 Å². The molecule has 0 aliphatic rings. The monoisotopic (exact) mass is 311 g/mol. The summed E-state index contributed by atoms with van der Waals surface area (Å²) in [6.45, 7) is 0. The van der Waals surface area contributed by atoms with E-state index in [4.69, 9.17) is 5.26 Å². The van der Waals surface area contributed by atoms with Gasteiger partial charge in [0.2, 0.25) is 0 Å². The molecule has 21 heavy (non-hydrogen) atoms. The summed E-state index contributed by atoms with van der Waals surface area (Å²) >= 11 is 5.23. The number of aromatic nitrogens is 1. The number of thiol groups is 1. The molecule has 3 rings (SSSR count). The number of benzene rings is 2. The van der Waals surface area contributed by atoms with Crippen molar-refractivity contribution in [1.82, 2.24) is 4.98 Å². The molecular weight excluding hydrogens is 302 g/mol. The molecule has 0 saturated carbocycles. The molecule has 4 nitrogen and oxygen atoms in total. The molecule has 1 heterocycles. The van der Waals surface area contributed by atoms with Crippen molar-refractivity contribution in [2.45, 2.75) is 0 Å². The lowest BCUT2D eigenvalue weighted by atomic mass is 10.1. The van der Waals surface area contributed by atoms with Crippen LogP contribution >= 0.6 is 24.2 Å². The average molecular weight is 311 g/mol. The Balaban J connectivity index is 2.09. The van der Waals surface area contributed by atoms with Crippen molar-refractivity contribution >= 4 is 40.2 Å². The third-order valence-corrected chi connectivity index (χ3v) is 4.04. The Hall–Kier alpha value is -2.36. The van der Waals surface area contributed by atoms with Crippen molar-refractivity contribution in [3.05, 3.63) is 64.7 Å². The third-order valence-electron chi connectivity index (χ3n) is 2.92. The van der Waals surface area contributed by atoms with Crippen LogP contribution in [0.4, 0.5) is 0 Å². The number of para-hydroxylation sites is 1. The van der Waals surface area contributed by atoms with Crippen LogP contribution in [-0.2, 0) is 4.28 Å². The maximum absolute atomic E-state index is 8.86. The highest BCUT2D eigenvalue weighted by molar-refractivity contribution is 7.75. The summed E-state index contributed by atoms with van der Waals surface area (Å²) in [6, 6.07) is 17.1. The van der Waals surface area contributed by atoms with E-state index in [2.05, 4.69) is 33.4 Å². The highest BCUT2D eigenvalue weighted by Crippen LogP contribution is 2.24.